The van der Waals surface area contributed by atoms with E-state index in [1.54, 1.807) is 18.2 Å². The van der Waals surface area contributed by atoms with Gasteiger partial charge in [-0.05, 0) is 25.1 Å². The Bertz CT molecular complexity index is 696. The number of nitriles is 1. The van der Waals surface area contributed by atoms with Crippen LogP contribution < -0.4 is 14.8 Å². The molecule has 0 saturated heterocycles. The lowest BCUT2D eigenvalue weighted by molar-refractivity contribution is 0.351. The Kier molecular flexibility index (Phi) is 4.79. The minimum atomic E-state index is -0.390. The van der Waals surface area contributed by atoms with Gasteiger partial charge in [0.1, 0.15) is 17.6 Å². The molecule has 1 atom stereocenters. The molecule has 5 nitrogen and oxygen atoms in total. The zero-order valence-corrected chi connectivity index (χ0v) is 12.6. The quantitative estimate of drug-likeness (QED) is 0.918. The summed E-state index contributed by atoms with van der Waals surface area (Å²) in [5, 5.41) is 11.9. The number of nitrogens with one attached hydrogen (secondary N) is 1. The number of methoxy groups -OCH3 is 2. The predicted octanol–water partition coefficient (Wildman–Crippen LogP) is 3.28. The number of nitrogens with zero attached hydrogens (tertiary/aromatic N) is 2. The highest BCUT2D eigenvalue weighted by atomic mass is 19.1. The van der Waals surface area contributed by atoms with Gasteiger partial charge in [-0.25, -0.2) is 9.37 Å². The lowest BCUT2D eigenvalue weighted by atomic mass is 10.1. The van der Waals surface area contributed by atoms with Gasteiger partial charge in [0, 0.05) is 11.6 Å². The summed E-state index contributed by atoms with van der Waals surface area (Å²) < 4.78 is 24.5. The lowest BCUT2D eigenvalue weighted by Crippen LogP contribution is -2.09. The first kappa shape index (κ1) is 15.6. The Morgan fingerprint density at radius 1 is 1.23 bits per heavy atom. The van der Waals surface area contributed by atoms with Gasteiger partial charge >= 0.3 is 0 Å². The molecule has 0 aliphatic heterocycles. The summed E-state index contributed by atoms with van der Waals surface area (Å²) in [5.74, 6) is 0.417. The normalized spacial score (nSPS) is 11.4. The summed E-state index contributed by atoms with van der Waals surface area (Å²) in [5.41, 5.74) is 1.47. The third-order valence-electron chi connectivity index (χ3n) is 3.23. The van der Waals surface area contributed by atoms with Crippen molar-refractivity contribution in [1.29, 1.82) is 5.26 Å². The number of rotatable bonds is 5. The van der Waals surface area contributed by atoms with Crippen molar-refractivity contribution < 1.29 is 13.9 Å². The Morgan fingerprint density at radius 2 is 1.91 bits per heavy atom. The number of halogens is 1. The van der Waals surface area contributed by atoms with Gasteiger partial charge in [-0.1, -0.05) is 0 Å². The van der Waals surface area contributed by atoms with Crippen molar-refractivity contribution in [1.82, 2.24) is 4.98 Å². The average Bonchev–Trinajstić information content (AvgIpc) is 2.55. The molecule has 114 valence electrons. The zero-order valence-electron chi connectivity index (χ0n) is 12.6. The fraction of sp³-hybridized carbons (Fsp3) is 0.250. The summed E-state index contributed by atoms with van der Waals surface area (Å²) in [6.07, 6.45) is 1.54. The highest BCUT2D eigenvalue weighted by Gasteiger charge is 2.16. The van der Waals surface area contributed by atoms with Crippen LogP contribution in [0, 0.1) is 17.1 Å². The van der Waals surface area contributed by atoms with Gasteiger partial charge in [-0.2, -0.15) is 5.26 Å². The van der Waals surface area contributed by atoms with Gasteiger partial charge in [-0.3, -0.25) is 0 Å². The van der Waals surface area contributed by atoms with Gasteiger partial charge in [0.2, 0.25) is 0 Å². The Labute approximate surface area is 128 Å². The molecule has 1 N–H and O–H groups in total. The fourth-order valence-electron chi connectivity index (χ4n) is 2.07. The average molecular weight is 301 g/mol. The number of anilines is 1. The second kappa shape index (κ2) is 6.76. The summed E-state index contributed by atoms with van der Waals surface area (Å²) in [4.78, 5) is 3.97. The maximum absolute atomic E-state index is 14.2. The first-order chi connectivity index (χ1) is 10.6. The standard InChI is InChI=1S/C16H16FN3O2/c1-10(20-12-5-4-11(8-18)19-9-12)13-6-15(21-2)16(22-3)7-14(13)17/h4-7,9-10,20H,1-3H3. The SMILES string of the molecule is COc1cc(F)c(C(C)Nc2ccc(C#N)nc2)cc1OC. The molecule has 0 saturated carbocycles. The molecule has 1 aromatic carbocycles. The van der Waals surface area contributed by atoms with Crippen LogP contribution in [0.4, 0.5) is 10.1 Å². The van der Waals surface area contributed by atoms with Crippen molar-refractivity contribution in [2.75, 3.05) is 19.5 Å². The summed E-state index contributed by atoms with van der Waals surface area (Å²) in [6, 6.07) is 7.85. The van der Waals surface area contributed by atoms with E-state index in [9.17, 15) is 4.39 Å². The number of hydrogen-bond donors (Lipinski definition) is 1. The van der Waals surface area contributed by atoms with Crippen molar-refractivity contribution in [3.8, 4) is 17.6 Å². The Morgan fingerprint density at radius 3 is 2.45 bits per heavy atom. The number of ether oxygens (including phenoxy) is 2. The predicted molar refractivity (Wildman–Crippen MR) is 80.5 cm³/mol. The molecule has 0 amide bonds. The van der Waals surface area contributed by atoms with Crippen LogP contribution in [0.25, 0.3) is 0 Å². The second-order valence-electron chi connectivity index (χ2n) is 4.64. The van der Waals surface area contributed by atoms with E-state index in [1.807, 2.05) is 13.0 Å². The molecule has 0 radical (unpaired) electrons. The molecule has 0 bridgehead atoms. The summed E-state index contributed by atoms with van der Waals surface area (Å²) in [6.45, 7) is 1.82. The first-order valence-electron chi connectivity index (χ1n) is 6.63. The monoisotopic (exact) mass is 301 g/mol. The van der Waals surface area contributed by atoms with Crippen LogP contribution in [0.2, 0.25) is 0 Å². The number of aromatic nitrogens is 1. The Balaban J connectivity index is 2.24. The van der Waals surface area contributed by atoms with E-state index in [2.05, 4.69) is 10.3 Å². The van der Waals surface area contributed by atoms with Crippen molar-refractivity contribution in [3.05, 3.63) is 47.5 Å². The van der Waals surface area contributed by atoms with Gasteiger partial charge in [0.15, 0.2) is 11.5 Å². The molecule has 2 aromatic rings. The van der Waals surface area contributed by atoms with Crippen LogP contribution in [-0.4, -0.2) is 19.2 Å². The number of benzene rings is 1. The van der Waals surface area contributed by atoms with E-state index in [1.165, 1.54) is 26.5 Å². The van der Waals surface area contributed by atoms with Gasteiger partial charge in [0.05, 0.1) is 32.1 Å². The van der Waals surface area contributed by atoms with Crippen molar-refractivity contribution >= 4 is 5.69 Å². The van der Waals surface area contributed by atoms with E-state index in [0.29, 0.717) is 28.4 Å². The van der Waals surface area contributed by atoms with Crippen molar-refractivity contribution in [3.63, 3.8) is 0 Å². The molecule has 1 aromatic heterocycles. The van der Waals surface area contributed by atoms with E-state index in [0.717, 1.165) is 0 Å². The molecule has 0 spiro atoms. The number of hydrogen-bond acceptors (Lipinski definition) is 5. The van der Waals surface area contributed by atoms with Crippen LogP contribution in [-0.2, 0) is 0 Å². The molecular weight excluding hydrogens is 285 g/mol. The molecule has 1 unspecified atom stereocenters. The zero-order chi connectivity index (χ0) is 16.1. The molecule has 1 heterocycles. The molecule has 2 rings (SSSR count). The van der Waals surface area contributed by atoms with Crippen LogP contribution in [0.5, 0.6) is 11.5 Å². The topological polar surface area (TPSA) is 67.2 Å². The molecule has 0 fully saturated rings. The second-order valence-corrected chi connectivity index (χ2v) is 4.64. The minimum Gasteiger partial charge on any atom is -0.493 e. The highest BCUT2D eigenvalue weighted by Crippen LogP contribution is 2.33. The van der Waals surface area contributed by atoms with Gasteiger partial charge < -0.3 is 14.8 Å². The van der Waals surface area contributed by atoms with Crippen LogP contribution in [0.3, 0.4) is 0 Å². The third kappa shape index (κ3) is 3.26. The van der Waals surface area contributed by atoms with Gasteiger partial charge in [-0.15, -0.1) is 0 Å². The van der Waals surface area contributed by atoms with Gasteiger partial charge in [0.25, 0.3) is 0 Å². The molecule has 0 aliphatic rings. The molecule has 22 heavy (non-hydrogen) atoms. The lowest BCUT2D eigenvalue weighted by Gasteiger charge is -2.18. The Hall–Kier alpha value is -2.81. The maximum atomic E-state index is 14.2. The molecule has 6 heteroatoms. The summed E-state index contributed by atoms with van der Waals surface area (Å²) >= 11 is 0. The summed E-state index contributed by atoms with van der Waals surface area (Å²) in [7, 11) is 2.96. The fourth-order valence-corrected chi connectivity index (χ4v) is 2.07. The third-order valence-corrected chi connectivity index (χ3v) is 3.23. The van der Waals surface area contributed by atoms with Crippen molar-refractivity contribution in [2.45, 2.75) is 13.0 Å². The maximum Gasteiger partial charge on any atom is 0.163 e. The molecular formula is C16H16FN3O2. The van der Waals surface area contributed by atoms with E-state index in [-0.39, 0.29) is 11.9 Å². The minimum absolute atomic E-state index is 0.311. The van der Waals surface area contributed by atoms with Crippen LogP contribution in [0.1, 0.15) is 24.2 Å². The van der Waals surface area contributed by atoms with E-state index < -0.39 is 0 Å². The van der Waals surface area contributed by atoms with E-state index in [4.69, 9.17) is 14.7 Å². The van der Waals surface area contributed by atoms with Crippen LogP contribution in [0.15, 0.2) is 30.5 Å². The molecule has 0 aliphatic carbocycles. The first-order valence-corrected chi connectivity index (χ1v) is 6.63. The van der Waals surface area contributed by atoms with Crippen LogP contribution >= 0.6 is 0 Å². The highest BCUT2D eigenvalue weighted by molar-refractivity contribution is 5.49. The number of pyridine rings is 1. The largest absolute Gasteiger partial charge is 0.493 e. The smallest absolute Gasteiger partial charge is 0.163 e. The van der Waals surface area contributed by atoms with E-state index >= 15 is 0 Å². The van der Waals surface area contributed by atoms with Crippen molar-refractivity contribution in [2.24, 2.45) is 0 Å².